The Balaban J connectivity index is 2.06. The molecular weight excluding hydrogens is 512 g/mol. The summed E-state index contributed by atoms with van der Waals surface area (Å²) >= 11 is 0. The Kier molecular flexibility index (Phi) is 9.57. The van der Waals surface area contributed by atoms with E-state index in [0.717, 1.165) is 28.3 Å². The van der Waals surface area contributed by atoms with Gasteiger partial charge < -0.3 is 10.2 Å². The molecule has 0 aliphatic heterocycles. The van der Waals surface area contributed by atoms with Gasteiger partial charge in [0, 0.05) is 24.6 Å². The average Bonchev–Trinajstić information content (AvgIpc) is 2.85. The van der Waals surface area contributed by atoms with Gasteiger partial charge in [0.15, 0.2) is 0 Å². The predicted octanol–water partition coefficient (Wildman–Crippen LogP) is 3.90. The van der Waals surface area contributed by atoms with Crippen molar-refractivity contribution in [2.24, 2.45) is 0 Å². The highest BCUT2D eigenvalue weighted by Crippen LogP contribution is 2.21. The summed E-state index contributed by atoms with van der Waals surface area (Å²) in [6, 6.07) is 18.3. The molecule has 2 amide bonds. The Morgan fingerprint density at radius 1 is 0.895 bits per heavy atom. The van der Waals surface area contributed by atoms with E-state index in [1.807, 2.05) is 18.2 Å². The van der Waals surface area contributed by atoms with Crippen LogP contribution in [0.2, 0.25) is 0 Å². The predicted molar refractivity (Wildman–Crippen MR) is 143 cm³/mol. The zero-order valence-corrected chi connectivity index (χ0v) is 22.3. The molecule has 0 bridgehead atoms. The van der Waals surface area contributed by atoms with Gasteiger partial charge in [-0.2, -0.15) is 0 Å². The van der Waals surface area contributed by atoms with E-state index in [2.05, 4.69) is 5.32 Å². The van der Waals surface area contributed by atoms with Crippen LogP contribution >= 0.6 is 0 Å². The summed E-state index contributed by atoms with van der Waals surface area (Å²) in [5.74, 6) is -2.31. The Labute approximate surface area is 222 Å². The van der Waals surface area contributed by atoms with Crippen LogP contribution in [-0.4, -0.2) is 50.0 Å². The minimum absolute atomic E-state index is 0.0827. The third kappa shape index (κ3) is 7.85. The van der Waals surface area contributed by atoms with Crippen LogP contribution in [0.3, 0.4) is 0 Å². The molecule has 0 saturated heterocycles. The largest absolute Gasteiger partial charge is 0.352 e. The zero-order chi connectivity index (χ0) is 27.9. The van der Waals surface area contributed by atoms with Gasteiger partial charge in [0.2, 0.25) is 21.8 Å². The van der Waals surface area contributed by atoms with Crippen LogP contribution in [0, 0.1) is 11.6 Å². The highest BCUT2D eigenvalue weighted by molar-refractivity contribution is 7.92. The first-order valence-electron chi connectivity index (χ1n) is 12.1. The van der Waals surface area contributed by atoms with Crippen LogP contribution in [0.15, 0.2) is 78.9 Å². The van der Waals surface area contributed by atoms with E-state index >= 15 is 0 Å². The van der Waals surface area contributed by atoms with E-state index in [4.69, 9.17) is 0 Å². The van der Waals surface area contributed by atoms with E-state index in [0.29, 0.717) is 0 Å². The number of sulfonamides is 1. The molecule has 38 heavy (non-hydrogen) atoms. The van der Waals surface area contributed by atoms with Crippen LogP contribution in [0.1, 0.15) is 25.0 Å². The van der Waals surface area contributed by atoms with Gasteiger partial charge in [-0.05, 0) is 49.7 Å². The molecule has 3 rings (SSSR count). The summed E-state index contributed by atoms with van der Waals surface area (Å²) in [6.07, 6.45) is 1.05. The molecule has 7 nitrogen and oxygen atoms in total. The maximum Gasteiger partial charge on any atom is 0.244 e. The van der Waals surface area contributed by atoms with Gasteiger partial charge >= 0.3 is 0 Å². The van der Waals surface area contributed by atoms with Gasteiger partial charge in [0.05, 0.1) is 11.9 Å². The van der Waals surface area contributed by atoms with Crippen molar-refractivity contribution in [3.8, 4) is 0 Å². The lowest BCUT2D eigenvalue weighted by Crippen LogP contribution is -2.54. The fraction of sp³-hybridized carbons (Fsp3) is 0.286. The van der Waals surface area contributed by atoms with Crippen molar-refractivity contribution in [3.05, 3.63) is 102 Å². The molecule has 0 saturated carbocycles. The van der Waals surface area contributed by atoms with Gasteiger partial charge in [0.25, 0.3) is 0 Å². The summed E-state index contributed by atoms with van der Waals surface area (Å²) in [5, 5.41) is 2.82. The minimum atomic E-state index is -3.98. The maximum absolute atomic E-state index is 14.7. The molecule has 1 N–H and O–H groups in total. The highest BCUT2D eigenvalue weighted by atomic mass is 32.2. The number of carbonyl (C=O) groups is 2. The normalized spacial score (nSPS) is 12.2. The van der Waals surface area contributed by atoms with Crippen LogP contribution in [-0.2, 0) is 32.6 Å². The molecule has 0 spiro atoms. The number of nitrogens with zero attached hydrogens (tertiary/aromatic N) is 2. The van der Waals surface area contributed by atoms with Gasteiger partial charge in [-0.15, -0.1) is 0 Å². The molecule has 0 aromatic heterocycles. The second-order valence-corrected chi connectivity index (χ2v) is 11.1. The highest BCUT2D eigenvalue weighted by Gasteiger charge is 2.33. The van der Waals surface area contributed by atoms with Crippen LogP contribution in [0.4, 0.5) is 14.5 Å². The SMILES string of the molecule is CC(C)NC(=O)[C@@H](Cc1ccccc1)N(Cc1ccccc1F)C(=O)CN(c1ccc(F)cc1)S(C)(=O)=O. The standard InChI is InChI=1S/C28H31F2N3O4S/c1-20(2)31-28(35)26(17-21-9-5-4-6-10-21)32(18-22-11-7-8-12-25(22)30)27(34)19-33(38(3,36)37)24-15-13-23(29)14-16-24/h4-16,20,26H,17-19H2,1-3H3,(H,31,35)/t26-/m1/s1. The second-order valence-electron chi connectivity index (χ2n) is 9.23. The molecule has 0 aliphatic rings. The summed E-state index contributed by atoms with van der Waals surface area (Å²) in [7, 11) is -3.98. The lowest BCUT2D eigenvalue weighted by molar-refractivity contribution is -0.140. The monoisotopic (exact) mass is 543 g/mol. The summed E-state index contributed by atoms with van der Waals surface area (Å²) in [5.41, 5.74) is 1.02. The summed E-state index contributed by atoms with van der Waals surface area (Å²) < 4.78 is 54.3. The van der Waals surface area contributed by atoms with Gasteiger partial charge in [-0.3, -0.25) is 13.9 Å². The smallest absolute Gasteiger partial charge is 0.244 e. The van der Waals surface area contributed by atoms with Crippen molar-refractivity contribution in [1.82, 2.24) is 10.2 Å². The van der Waals surface area contributed by atoms with Gasteiger partial charge in [0.1, 0.15) is 24.2 Å². The number of anilines is 1. The van der Waals surface area contributed by atoms with Crippen molar-refractivity contribution < 1.29 is 26.8 Å². The van der Waals surface area contributed by atoms with E-state index in [1.165, 1.54) is 35.2 Å². The minimum Gasteiger partial charge on any atom is -0.352 e. The first kappa shape index (κ1) is 28.8. The lowest BCUT2D eigenvalue weighted by atomic mass is 10.0. The number of benzene rings is 3. The molecule has 0 radical (unpaired) electrons. The molecule has 3 aromatic rings. The molecule has 0 aliphatic carbocycles. The molecule has 0 heterocycles. The van der Waals surface area contributed by atoms with E-state index < -0.39 is 46.1 Å². The van der Waals surface area contributed by atoms with Crippen LogP contribution < -0.4 is 9.62 Å². The average molecular weight is 544 g/mol. The Morgan fingerprint density at radius 2 is 1.50 bits per heavy atom. The van der Waals surface area contributed by atoms with Gasteiger partial charge in [-0.1, -0.05) is 48.5 Å². The van der Waals surface area contributed by atoms with Crippen molar-refractivity contribution in [1.29, 1.82) is 0 Å². The Bertz CT molecular complexity index is 1350. The van der Waals surface area contributed by atoms with Gasteiger partial charge in [-0.25, -0.2) is 17.2 Å². The van der Waals surface area contributed by atoms with Crippen molar-refractivity contribution in [3.63, 3.8) is 0 Å². The molecule has 0 unspecified atom stereocenters. The third-order valence-corrected chi connectivity index (χ3v) is 6.93. The molecule has 10 heteroatoms. The van der Waals surface area contributed by atoms with Crippen LogP contribution in [0.25, 0.3) is 0 Å². The fourth-order valence-electron chi connectivity index (χ4n) is 3.97. The number of rotatable bonds is 11. The number of hydrogen-bond acceptors (Lipinski definition) is 4. The van der Waals surface area contributed by atoms with E-state index in [9.17, 15) is 26.8 Å². The molecule has 0 fully saturated rings. The van der Waals surface area contributed by atoms with Crippen molar-refractivity contribution >= 4 is 27.5 Å². The van der Waals surface area contributed by atoms with Crippen molar-refractivity contribution in [2.45, 2.75) is 38.9 Å². The molecule has 202 valence electrons. The third-order valence-electron chi connectivity index (χ3n) is 5.79. The topological polar surface area (TPSA) is 86.8 Å². The first-order chi connectivity index (χ1) is 18.0. The lowest BCUT2D eigenvalue weighted by Gasteiger charge is -2.34. The quantitative estimate of drug-likeness (QED) is 0.398. The van der Waals surface area contributed by atoms with E-state index in [1.54, 1.807) is 32.0 Å². The summed E-state index contributed by atoms with van der Waals surface area (Å²) in [6.45, 7) is 2.62. The fourth-order valence-corrected chi connectivity index (χ4v) is 4.82. The number of halogens is 2. The number of hydrogen-bond donors (Lipinski definition) is 1. The molecule has 3 aromatic carbocycles. The maximum atomic E-state index is 14.7. The van der Waals surface area contributed by atoms with Crippen molar-refractivity contribution in [2.75, 3.05) is 17.1 Å². The Hall–Kier alpha value is -3.79. The number of carbonyl (C=O) groups excluding carboxylic acids is 2. The zero-order valence-electron chi connectivity index (χ0n) is 21.5. The number of nitrogens with one attached hydrogen (secondary N) is 1. The summed E-state index contributed by atoms with van der Waals surface area (Å²) in [4.78, 5) is 28.4. The molecular formula is C28H31F2N3O4S. The van der Waals surface area contributed by atoms with E-state index in [-0.39, 0.29) is 30.3 Å². The first-order valence-corrected chi connectivity index (χ1v) is 13.9. The molecule has 1 atom stereocenters. The second kappa shape index (κ2) is 12.6. The van der Waals surface area contributed by atoms with Crippen LogP contribution in [0.5, 0.6) is 0 Å². The number of amides is 2. The Morgan fingerprint density at radius 3 is 2.08 bits per heavy atom.